The predicted molar refractivity (Wildman–Crippen MR) is 140 cm³/mol. The summed E-state index contributed by atoms with van der Waals surface area (Å²) in [6, 6.07) is 19.3. The second kappa shape index (κ2) is 11.0. The first kappa shape index (κ1) is 24.1. The van der Waals surface area contributed by atoms with Crippen LogP contribution in [0.1, 0.15) is 22.8 Å². The predicted octanol–water partition coefficient (Wildman–Crippen LogP) is 4.61. The molecule has 1 saturated heterocycles. The second-order valence-electron chi connectivity index (χ2n) is 8.46. The van der Waals surface area contributed by atoms with Crippen LogP contribution in [0.5, 0.6) is 5.75 Å². The van der Waals surface area contributed by atoms with Gasteiger partial charge in [-0.05, 0) is 42.4 Å². The second-order valence-corrected chi connectivity index (χ2v) is 9.41. The molecule has 0 spiro atoms. The van der Waals surface area contributed by atoms with Crippen LogP contribution in [0, 0.1) is 0 Å². The third-order valence-electron chi connectivity index (χ3n) is 6.41. The van der Waals surface area contributed by atoms with Gasteiger partial charge >= 0.3 is 0 Å². The summed E-state index contributed by atoms with van der Waals surface area (Å²) in [6.45, 7) is 6.51. The van der Waals surface area contributed by atoms with Crippen molar-refractivity contribution in [3.05, 3.63) is 78.1 Å². The Morgan fingerprint density at radius 1 is 1.00 bits per heavy atom. The molecule has 186 valence electrons. The van der Waals surface area contributed by atoms with E-state index in [4.69, 9.17) is 9.15 Å². The number of carbonyl (C=O) groups is 1. The van der Waals surface area contributed by atoms with E-state index in [1.807, 2.05) is 70.1 Å². The molecule has 0 bridgehead atoms. The lowest BCUT2D eigenvalue weighted by Gasteiger charge is -2.34. The number of ether oxygens (including phenoxy) is 1. The van der Waals surface area contributed by atoms with Crippen LogP contribution < -0.4 is 4.74 Å². The van der Waals surface area contributed by atoms with Crippen molar-refractivity contribution >= 4 is 17.7 Å². The molecule has 4 aromatic rings. The molecule has 1 aliphatic rings. The summed E-state index contributed by atoms with van der Waals surface area (Å²) in [5, 5.41) is 9.60. The number of aromatic nitrogens is 3. The minimum absolute atomic E-state index is 0.0874. The maximum Gasteiger partial charge on any atom is 0.254 e. The van der Waals surface area contributed by atoms with E-state index in [0.29, 0.717) is 28.2 Å². The maximum absolute atomic E-state index is 13.4. The van der Waals surface area contributed by atoms with Crippen LogP contribution in [-0.2, 0) is 5.75 Å². The number of hydrogen-bond donors (Lipinski definition) is 0. The third-order valence-corrected chi connectivity index (χ3v) is 7.39. The number of likely N-dealkylation sites (N-methyl/N-ethyl adjacent to an activating group) is 1. The van der Waals surface area contributed by atoms with Crippen LogP contribution >= 0.6 is 11.8 Å². The summed E-state index contributed by atoms with van der Waals surface area (Å²) in [7, 11) is 1.64. The van der Waals surface area contributed by atoms with E-state index in [-0.39, 0.29) is 5.91 Å². The normalized spacial score (nSPS) is 14.2. The molecular weight excluding hydrogens is 474 g/mol. The van der Waals surface area contributed by atoms with E-state index in [9.17, 15) is 4.79 Å². The fraction of sp³-hybridized carbons (Fsp3) is 0.296. The Hall–Kier alpha value is -3.56. The first-order valence-corrected chi connectivity index (χ1v) is 13.0. The van der Waals surface area contributed by atoms with Gasteiger partial charge in [0.1, 0.15) is 5.75 Å². The largest absolute Gasteiger partial charge is 0.495 e. The van der Waals surface area contributed by atoms with Crippen molar-refractivity contribution in [1.82, 2.24) is 24.6 Å². The Labute approximate surface area is 214 Å². The minimum Gasteiger partial charge on any atom is -0.495 e. The van der Waals surface area contributed by atoms with Gasteiger partial charge in [-0.25, -0.2) is 0 Å². The Bertz CT molecular complexity index is 1310. The number of nitrogens with zero attached hydrogens (tertiary/aromatic N) is 5. The minimum atomic E-state index is 0.0874. The van der Waals surface area contributed by atoms with Crippen LogP contribution in [-0.4, -0.2) is 70.3 Å². The van der Waals surface area contributed by atoms with Crippen molar-refractivity contribution in [2.24, 2.45) is 0 Å². The van der Waals surface area contributed by atoms with Crippen LogP contribution in [0.2, 0.25) is 0 Å². The summed E-state index contributed by atoms with van der Waals surface area (Å²) in [4.78, 5) is 17.7. The van der Waals surface area contributed by atoms with Gasteiger partial charge in [0.05, 0.1) is 19.1 Å². The number of carbonyl (C=O) groups excluding carboxylic acids is 1. The number of hydrogen-bond acceptors (Lipinski definition) is 7. The zero-order valence-electron chi connectivity index (χ0n) is 20.5. The van der Waals surface area contributed by atoms with Crippen LogP contribution in [0.15, 0.2) is 76.5 Å². The molecule has 5 rings (SSSR count). The number of rotatable bonds is 8. The van der Waals surface area contributed by atoms with Gasteiger partial charge in [0, 0.05) is 37.5 Å². The van der Waals surface area contributed by atoms with Crippen molar-refractivity contribution in [2.75, 3.05) is 39.8 Å². The van der Waals surface area contributed by atoms with Crippen LogP contribution in [0.4, 0.5) is 0 Å². The number of methoxy groups -OCH3 is 1. The molecule has 8 nitrogen and oxygen atoms in total. The highest BCUT2D eigenvalue weighted by Gasteiger charge is 2.24. The Kier molecular flexibility index (Phi) is 7.39. The van der Waals surface area contributed by atoms with Gasteiger partial charge in [-0.3, -0.25) is 9.36 Å². The molecule has 9 heteroatoms. The molecule has 2 aromatic carbocycles. The summed E-state index contributed by atoms with van der Waals surface area (Å²) in [5.74, 6) is 2.56. The number of para-hydroxylation sites is 2. The standard InChI is InChI=1S/C27H29N5O3S/c1-3-30-14-16-31(17-15-30)26(33)21-10-5-4-9-20(21)19-36-27-29-28-25(24-13-8-18-35-24)32(27)22-11-6-7-12-23(22)34-2/h4-13,18H,3,14-17,19H2,1-2H3. The molecule has 0 unspecified atom stereocenters. The molecule has 1 amide bonds. The summed E-state index contributed by atoms with van der Waals surface area (Å²) >= 11 is 1.53. The van der Waals surface area contributed by atoms with Gasteiger partial charge in [0.25, 0.3) is 5.91 Å². The van der Waals surface area contributed by atoms with E-state index < -0.39 is 0 Å². The van der Waals surface area contributed by atoms with Gasteiger partial charge in [-0.1, -0.05) is 49.0 Å². The molecule has 0 atom stereocenters. The average molecular weight is 504 g/mol. The van der Waals surface area contributed by atoms with Crippen LogP contribution in [0.25, 0.3) is 17.3 Å². The first-order valence-electron chi connectivity index (χ1n) is 12.0. The van der Waals surface area contributed by atoms with Gasteiger partial charge in [0.2, 0.25) is 5.82 Å². The van der Waals surface area contributed by atoms with Gasteiger partial charge in [-0.2, -0.15) is 0 Å². The molecule has 0 saturated carbocycles. The van der Waals surface area contributed by atoms with E-state index in [1.54, 1.807) is 13.4 Å². The molecular formula is C27H29N5O3S. The van der Waals surface area contributed by atoms with Crippen molar-refractivity contribution in [3.63, 3.8) is 0 Å². The molecule has 0 radical (unpaired) electrons. The van der Waals surface area contributed by atoms with E-state index >= 15 is 0 Å². The van der Waals surface area contributed by atoms with Crippen molar-refractivity contribution < 1.29 is 13.9 Å². The molecule has 0 aliphatic carbocycles. The van der Waals surface area contributed by atoms with Gasteiger partial charge in [-0.15, -0.1) is 10.2 Å². The zero-order valence-corrected chi connectivity index (χ0v) is 21.3. The highest BCUT2D eigenvalue weighted by Crippen LogP contribution is 2.34. The molecule has 36 heavy (non-hydrogen) atoms. The Balaban J connectivity index is 1.43. The van der Waals surface area contributed by atoms with Gasteiger partial charge < -0.3 is 19.0 Å². The number of benzene rings is 2. The lowest BCUT2D eigenvalue weighted by Crippen LogP contribution is -2.48. The fourth-order valence-electron chi connectivity index (χ4n) is 4.40. The third kappa shape index (κ3) is 4.89. The number of amides is 1. The van der Waals surface area contributed by atoms with Crippen molar-refractivity contribution in [2.45, 2.75) is 17.8 Å². The highest BCUT2D eigenvalue weighted by molar-refractivity contribution is 7.98. The van der Waals surface area contributed by atoms with E-state index in [1.165, 1.54) is 11.8 Å². The van der Waals surface area contributed by atoms with Crippen molar-refractivity contribution in [1.29, 1.82) is 0 Å². The van der Waals surface area contributed by atoms with E-state index in [0.717, 1.165) is 49.5 Å². The summed E-state index contributed by atoms with van der Waals surface area (Å²) in [5.41, 5.74) is 2.53. The lowest BCUT2D eigenvalue weighted by molar-refractivity contribution is 0.0642. The van der Waals surface area contributed by atoms with Crippen molar-refractivity contribution in [3.8, 4) is 23.0 Å². The summed E-state index contributed by atoms with van der Waals surface area (Å²) in [6.07, 6.45) is 1.62. The Morgan fingerprint density at radius 3 is 2.53 bits per heavy atom. The lowest BCUT2D eigenvalue weighted by atomic mass is 10.1. The van der Waals surface area contributed by atoms with Gasteiger partial charge in [0.15, 0.2) is 10.9 Å². The monoisotopic (exact) mass is 503 g/mol. The molecule has 1 aliphatic heterocycles. The topological polar surface area (TPSA) is 76.6 Å². The number of thioether (sulfide) groups is 1. The highest BCUT2D eigenvalue weighted by atomic mass is 32.2. The molecule has 2 aromatic heterocycles. The smallest absolute Gasteiger partial charge is 0.254 e. The van der Waals surface area contributed by atoms with E-state index in [2.05, 4.69) is 22.0 Å². The summed E-state index contributed by atoms with van der Waals surface area (Å²) < 4.78 is 13.2. The maximum atomic E-state index is 13.4. The fourth-order valence-corrected chi connectivity index (χ4v) is 5.34. The van der Waals surface area contributed by atoms with Crippen LogP contribution in [0.3, 0.4) is 0 Å². The first-order chi connectivity index (χ1) is 17.7. The molecule has 3 heterocycles. The number of piperazine rings is 1. The quantitative estimate of drug-likeness (QED) is 0.325. The average Bonchev–Trinajstić information content (AvgIpc) is 3.62. The Morgan fingerprint density at radius 2 is 1.78 bits per heavy atom. The zero-order chi connectivity index (χ0) is 24.9. The molecule has 0 N–H and O–H groups in total. The molecule has 1 fully saturated rings. The SMILES string of the molecule is CCN1CCN(C(=O)c2ccccc2CSc2nnc(-c3ccco3)n2-c2ccccc2OC)CC1. The number of furan rings is 1.